The number of carbonyl (C=O) groups is 1. The SMILES string of the molecule is CC(O)CC1C(C)C(S)=C(C(=O)O)N1C. The number of carboxylic acids is 1. The Balaban J connectivity index is 2.90. The molecule has 0 saturated carbocycles. The van der Waals surface area contributed by atoms with E-state index in [0.29, 0.717) is 11.3 Å². The van der Waals surface area contributed by atoms with E-state index in [2.05, 4.69) is 12.6 Å². The zero-order valence-electron chi connectivity index (χ0n) is 9.14. The fourth-order valence-electron chi connectivity index (χ4n) is 2.05. The summed E-state index contributed by atoms with van der Waals surface area (Å²) < 4.78 is 0. The zero-order chi connectivity index (χ0) is 11.7. The molecule has 0 fully saturated rings. The minimum Gasteiger partial charge on any atom is -0.477 e. The molecule has 2 N–H and O–H groups in total. The predicted molar refractivity (Wildman–Crippen MR) is 60.7 cm³/mol. The van der Waals surface area contributed by atoms with Gasteiger partial charge >= 0.3 is 5.97 Å². The molecular formula is C10H17NO3S. The average molecular weight is 231 g/mol. The number of aliphatic hydroxyl groups excluding tert-OH is 1. The number of likely N-dealkylation sites (N-methyl/N-ethyl adjacent to an activating group) is 1. The summed E-state index contributed by atoms with van der Waals surface area (Å²) in [4.78, 5) is 13.3. The zero-order valence-corrected chi connectivity index (χ0v) is 10.0. The second kappa shape index (κ2) is 4.45. The van der Waals surface area contributed by atoms with Crippen molar-refractivity contribution in [2.75, 3.05) is 7.05 Å². The summed E-state index contributed by atoms with van der Waals surface area (Å²) in [5.41, 5.74) is 0.247. The van der Waals surface area contributed by atoms with E-state index in [1.807, 2.05) is 6.92 Å². The van der Waals surface area contributed by atoms with Crippen LogP contribution in [0.1, 0.15) is 20.3 Å². The molecule has 0 bridgehead atoms. The van der Waals surface area contributed by atoms with E-state index in [4.69, 9.17) is 5.11 Å². The lowest BCUT2D eigenvalue weighted by Gasteiger charge is -2.27. The largest absolute Gasteiger partial charge is 0.477 e. The van der Waals surface area contributed by atoms with Gasteiger partial charge in [-0.3, -0.25) is 0 Å². The number of thiol groups is 1. The molecule has 0 aromatic heterocycles. The molecule has 0 radical (unpaired) electrons. The van der Waals surface area contributed by atoms with Crippen LogP contribution >= 0.6 is 12.6 Å². The summed E-state index contributed by atoms with van der Waals surface area (Å²) in [5.74, 6) is -0.901. The van der Waals surface area contributed by atoms with Crippen molar-refractivity contribution in [1.29, 1.82) is 0 Å². The first-order valence-corrected chi connectivity index (χ1v) is 5.38. The number of aliphatic hydroxyl groups is 1. The molecular weight excluding hydrogens is 214 g/mol. The molecule has 0 spiro atoms. The number of hydrogen-bond donors (Lipinski definition) is 3. The van der Waals surface area contributed by atoms with E-state index in [9.17, 15) is 9.90 Å². The topological polar surface area (TPSA) is 60.8 Å². The monoisotopic (exact) mass is 231 g/mol. The molecule has 3 atom stereocenters. The van der Waals surface area contributed by atoms with Crippen molar-refractivity contribution in [1.82, 2.24) is 4.90 Å². The first-order chi connectivity index (χ1) is 6.86. The smallest absolute Gasteiger partial charge is 0.353 e. The molecule has 0 aliphatic carbocycles. The van der Waals surface area contributed by atoms with Crippen LogP contribution in [0.15, 0.2) is 10.6 Å². The van der Waals surface area contributed by atoms with Gasteiger partial charge in [0.15, 0.2) is 0 Å². The Bertz CT molecular complexity index is 301. The third kappa shape index (κ3) is 2.29. The highest BCUT2D eigenvalue weighted by Gasteiger charge is 2.37. The van der Waals surface area contributed by atoms with Gasteiger partial charge in [0, 0.05) is 23.9 Å². The maximum atomic E-state index is 11.0. The molecule has 15 heavy (non-hydrogen) atoms. The Kier molecular flexibility index (Phi) is 3.67. The van der Waals surface area contributed by atoms with Crippen molar-refractivity contribution in [3.8, 4) is 0 Å². The van der Waals surface area contributed by atoms with Gasteiger partial charge in [0.1, 0.15) is 5.70 Å². The number of aliphatic carboxylic acids is 1. The van der Waals surface area contributed by atoms with Gasteiger partial charge in [-0.05, 0) is 13.3 Å². The number of hydrogen-bond acceptors (Lipinski definition) is 4. The van der Waals surface area contributed by atoms with Gasteiger partial charge in [-0.2, -0.15) is 0 Å². The summed E-state index contributed by atoms with van der Waals surface area (Å²) in [5, 5.41) is 18.4. The van der Waals surface area contributed by atoms with Crippen molar-refractivity contribution >= 4 is 18.6 Å². The quantitative estimate of drug-likeness (QED) is 0.632. The molecule has 0 aromatic carbocycles. The summed E-state index contributed by atoms with van der Waals surface area (Å²) >= 11 is 4.24. The fraction of sp³-hybridized carbons (Fsp3) is 0.700. The van der Waals surface area contributed by atoms with Gasteiger partial charge < -0.3 is 15.1 Å². The second-order valence-corrected chi connectivity index (χ2v) is 4.57. The summed E-state index contributed by atoms with van der Waals surface area (Å²) in [7, 11) is 1.73. The summed E-state index contributed by atoms with van der Waals surface area (Å²) in [6.45, 7) is 3.64. The predicted octanol–water partition coefficient (Wildman–Crippen LogP) is 0.933. The average Bonchev–Trinajstić information content (AvgIpc) is 2.29. The molecule has 1 rings (SSSR count). The van der Waals surface area contributed by atoms with Crippen LogP contribution < -0.4 is 0 Å². The Hall–Kier alpha value is -0.680. The second-order valence-electron chi connectivity index (χ2n) is 4.09. The van der Waals surface area contributed by atoms with Crippen LogP contribution in [0.3, 0.4) is 0 Å². The van der Waals surface area contributed by atoms with Gasteiger partial charge in [0.25, 0.3) is 0 Å². The first-order valence-electron chi connectivity index (χ1n) is 4.93. The Morgan fingerprint density at radius 2 is 2.20 bits per heavy atom. The van der Waals surface area contributed by atoms with E-state index in [-0.39, 0.29) is 17.7 Å². The molecule has 86 valence electrons. The molecule has 0 amide bonds. The van der Waals surface area contributed by atoms with Gasteiger partial charge in [-0.25, -0.2) is 4.79 Å². The van der Waals surface area contributed by atoms with Crippen molar-refractivity contribution in [2.24, 2.45) is 5.92 Å². The van der Waals surface area contributed by atoms with E-state index >= 15 is 0 Å². The van der Waals surface area contributed by atoms with Crippen molar-refractivity contribution in [2.45, 2.75) is 32.4 Å². The molecule has 1 aliphatic heterocycles. The Morgan fingerprint density at radius 3 is 2.53 bits per heavy atom. The van der Waals surface area contributed by atoms with Gasteiger partial charge in [0.05, 0.1) is 6.10 Å². The molecule has 0 saturated heterocycles. The highest BCUT2D eigenvalue weighted by molar-refractivity contribution is 7.84. The highest BCUT2D eigenvalue weighted by atomic mass is 32.1. The fourth-order valence-corrected chi connectivity index (χ4v) is 2.48. The standard InChI is InChI=1S/C10H17NO3S/c1-5(12)4-7-6(2)9(15)8(10(13)14)11(7)3/h5-7,12,15H,4H2,1-3H3,(H,13,14). The molecule has 3 unspecified atom stereocenters. The molecule has 1 aliphatic rings. The molecule has 5 heteroatoms. The van der Waals surface area contributed by atoms with Crippen LogP contribution in [-0.2, 0) is 4.79 Å². The van der Waals surface area contributed by atoms with Gasteiger partial charge in [-0.15, -0.1) is 12.6 Å². The first kappa shape index (κ1) is 12.4. The van der Waals surface area contributed by atoms with E-state index in [0.717, 1.165) is 0 Å². The van der Waals surface area contributed by atoms with Gasteiger partial charge in [0.2, 0.25) is 0 Å². The van der Waals surface area contributed by atoms with Gasteiger partial charge in [-0.1, -0.05) is 6.92 Å². The van der Waals surface area contributed by atoms with Crippen molar-refractivity contribution in [3.05, 3.63) is 10.6 Å². The lowest BCUT2D eigenvalue weighted by molar-refractivity contribution is -0.134. The van der Waals surface area contributed by atoms with Crippen LogP contribution in [0.5, 0.6) is 0 Å². The maximum absolute atomic E-state index is 11.0. The van der Waals surface area contributed by atoms with Crippen molar-refractivity contribution in [3.63, 3.8) is 0 Å². The minimum atomic E-state index is -0.956. The van der Waals surface area contributed by atoms with E-state index < -0.39 is 12.1 Å². The lowest BCUT2D eigenvalue weighted by atomic mass is 9.98. The Labute approximate surface area is 95.0 Å². The normalized spacial score (nSPS) is 28.5. The van der Waals surface area contributed by atoms with Crippen LogP contribution in [0, 0.1) is 5.92 Å². The van der Waals surface area contributed by atoms with E-state index in [1.165, 1.54) is 0 Å². The third-order valence-electron chi connectivity index (χ3n) is 2.89. The Morgan fingerprint density at radius 1 is 1.67 bits per heavy atom. The summed E-state index contributed by atoms with van der Waals surface area (Å²) in [6.07, 6.45) is 0.118. The minimum absolute atomic E-state index is 0.0172. The van der Waals surface area contributed by atoms with Crippen molar-refractivity contribution < 1.29 is 15.0 Å². The molecule has 1 heterocycles. The van der Waals surface area contributed by atoms with Crippen LogP contribution in [0.4, 0.5) is 0 Å². The highest BCUT2D eigenvalue weighted by Crippen LogP contribution is 2.36. The summed E-state index contributed by atoms with van der Waals surface area (Å²) in [6, 6.07) is 0.0172. The number of carboxylic acid groups (broad SMARTS) is 1. The maximum Gasteiger partial charge on any atom is 0.353 e. The third-order valence-corrected chi connectivity index (χ3v) is 3.51. The lowest BCUT2D eigenvalue weighted by Crippen LogP contribution is -2.34. The van der Waals surface area contributed by atoms with Crippen LogP contribution in [0.2, 0.25) is 0 Å². The number of nitrogens with zero attached hydrogens (tertiary/aromatic N) is 1. The van der Waals surface area contributed by atoms with E-state index in [1.54, 1.807) is 18.9 Å². The molecule has 4 nitrogen and oxygen atoms in total. The van der Waals surface area contributed by atoms with Crippen LogP contribution in [-0.4, -0.2) is 40.3 Å². The molecule has 0 aromatic rings. The van der Waals surface area contributed by atoms with Crippen LogP contribution in [0.25, 0.3) is 0 Å². The number of rotatable bonds is 3.